The molecule has 1 aliphatic heterocycles. The van der Waals surface area contributed by atoms with Crippen molar-refractivity contribution in [3.05, 3.63) is 115 Å². The maximum Gasteiger partial charge on any atom is 0.256 e. The summed E-state index contributed by atoms with van der Waals surface area (Å²) in [7, 11) is 0. The topological polar surface area (TPSA) is 65.1 Å². The lowest BCUT2D eigenvalue weighted by atomic mass is 10.0. The maximum atomic E-state index is 13.8. The number of hydrogen-bond acceptors (Lipinski definition) is 4. The van der Waals surface area contributed by atoms with E-state index < -0.39 is 0 Å². The maximum absolute atomic E-state index is 13.8. The lowest BCUT2D eigenvalue weighted by Gasteiger charge is -2.24. The minimum absolute atomic E-state index is 0.00811. The van der Waals surface area contributed by atoms with Gasteiger partial charge in [-0.15, -0.1) is 0 Å². The van der Waals surface area contributed by atoms with E-state index in [1.54, 1.807) is 12.5 Å². The number of hydrogen-bond donors (Lipinski definition) is 1. The van der Waals surface area contributed by atoms with Gasteiger partial charge in [-0.3, -0.25) is 9.78 Å². The Hall–Kier alpha value is -4.45. The van der Waals surface area contributed by atoms with Crippen molar-refractivity contribution >= 4 is 22.4 Å². The number of carbonyl (C=O) groups excluding carboxylic acids is 1. The first-order chi connectivity index (χ1) is 17.3. The second kappa shape index (κ2) is 9.06. The van der Waals surface area contributed by atoms with Gasteiger partial charge in [0.2, 0.25) is 0 Å². The fourth-order valence-electron chi connectivity index (χ4n) is 4.85. The van der Waals surface area contributed by atoms with Crippen LogP contribution in [0.15, 0.2) is 97.7 Å². The van der Waals surface area contributed by atoms with Crippen molar-refractivity contribution in [1.29, 1.82) is 0 Å². The highest BCUT2D eigenvalue weighted by Gasteiger charge is 2.26. The van der Waals surface area contributed by atoms with Gasteiger partial charge in [-0.25, -0.2) is 4.98 Å². The minimum atomic E-state index is 0.00811. The van der Waals surface area contributed by atoms with Gasteiger partial charge in [-0.05, 0) is 34.2 Å². The van der Waals surface area contributed by atoms with Crippen LogP contribution in [0.25, 0.3) is 21.9 Å². The van der Waals surface area contributed by atoms with E-state index in [4.69, 9.17) is 0 Å². The zero-order valence-electron chi connectivity index (χ0n) is 19.3. The van der Waals surface area contributed by atoms with Crippen LogP contribution in [0.4, 0.5) is 5.69 Å². The van der Waals surface area contributed by atoms with Crippen molar-refractivity contribution < 1.29 is 4.79 Å². The molecule has 0 aliphatic carbocycles. The minimum Gasteiger partial charge on any atom is -0.364 e. The van der Waals surface area contributed by atoms with Gasteiger partial charge in [-0.2, -0.15) is 0 Å². The largest absolute Gasteiger partial charge is 0.364 e. The van der Waals surface area contributed by atoms with Gasteiger partial charge < -0.3 is 14.8 Å². The Morgan fingerprint density at radius 1 is 0.857 bits per heavy atom. The molecule has 6 heteroatoms. The van der Waals surface area contributed by atoms with Crippen LogP contribution < -0.4 is 4.90 Å². The van der Waals surface area contributed by atoms with Crippen LogP contribution in [0.2, 0.25) is 0 Å². The van der Waals surface area contributed by atoms with Crippen molar-refractivity contribution in [2.45, 2.75) is 13.1 Å². The molecular weight excluding hydrogens is 434 g/mol. The molecule has 3 heterocycles. The molecular formula is C29H25N5O. The molecule has 0 saturated heterocycles. The predicted molar refractivity (Wildman–Crippen MR) is 138 cm³/mol. The third kappa shape index (κ3) is 4.15. The van der Waals surface area contributed by atoms with E-state index in [2.05, 4.69) is 62.3 Å². The van der Waals surface area contributed by atoms with Gasteiger partial charge in [0.05, 0.1) is 24.1 Å². The molecule has 3 aromatic carbocycles. The average Bonchev–Trinajstić information content (AvgIpc) is 3.36. The lowest BCUT2D eigenvalue weighted by Crippen LogP contribution is -2.35. The van der Waals surface area contributed by atoms with Gasteiger partial charge in [-0.1, -0.05) is 60.7 Å². The summed E-state index contributed by atoms with van der Waals surface area (Å²) in [6, 6.07) is 24.9. The first-order valence-corrected chi connectivity index (χ1v) is 11.8. The summed E-state index contributed by atoms with van der Waals surface area (Å²) in [5, 5.41) is 1.91. The van der Waals surface area contributed by atoms with E-state index in [0.717, 1.165) is 45.4 Å². The Morgan fingerprint density at radius 3 is 2.57 bits per heavy atom. The highest BCUT2D eigenvalue weighted by Crippen LogP contribution is 2.32. The first-order valence-electron chi connectivity index (χ1n) is 11.8. The van der Waals surface area contributed by atoms with Gasteiger partial charge in [0.15, 0.2) is 0 Å². The number of carbonyl (C=O) groups is 1. The molecule has 35 heavy (non-hydrogen) atoms. The third-order valence-corrected chi connectivity index (χ3v) is 6.63. The molecule has 1 N–H and O–H groups in total. The fraction of sp³-hybridized carbons (Fsp3) is 0.138. The second-order valence-corrected chi connectivity index (χ2v) is 8.84. The van der Waals surface area contributed by atoms with Crippen molar-refractivity contribution in [2.75, 3.05) is 18.0 Å². The number of nitrogens with one attached hydrogen (secondary N) is 1. The van der Waals surface area contributed by atoms with Crippen molar-refractivity contribution in [3.8, 4) is 11.1 Å². The van der Waals surface area contributed by atoms with Crippen molar-refractivity contribution in [3.63, 3.8) is 0 Å². The normalized spacial score (nSPS) is 13.5. The number of aromatic nitrogens is 3. The Morgan fingerprint density at radius 2 is 1.71 bits per heavy atom. The molecule has 0 bridgehead atoms. The Kier molecular flexibility index (Phi) is 5.47. The number of anilines is 1. The lowest BCUT2D eigenvalue weighted by molar-refractivity contribution is 0.0753. The number of amides is 1. The first kappa shape index (κ1) is 21.1. The summed E-state index contributed by atoms with van der Waals surface area (Å²) in [4.78, 5) is 29.8. The molecule has 0 atom stereocenters. The number of nitrogens with zero attached hydrogens (tertiary/aromatic N) is 4. The molecule has 6 nitrogen and oxygen atoms in total. The number of imidazole rings is 1. The summed E-state index contributed by atoms with van der Waals surface area (Å²) >= 11 is 0. The van der Waals surface area contributed by atoms with Crippen LogP contribution in [0, 0.1) is 0 Å². The summed E-state index contributed by atoms with van der Waals surface area (Å²) in [5.41, 5.74) is 6.27. The van der Waals surface area contributed by atoms with Crippen LogP contribution in [0.3, 0.4) is 0 Å². The third-order valence-electron chi connectivity index (χ3n) is 6.63. The smallest absolute Gasteiger partial charge is 0.256 e. The van der Waals surface area contributed by atoms with Crippen LogP contribution in [-0.2, 0) is 13.1 Å². The number of fused-ring (bicyclic) bond motifs is 2. The molecule has 1 aliphatic rings. The number of H-pyrrole nitrogens is 1. The average molecular weight is 460 g/mol. The SMILES string of the molecule is O=C(c1cncc2ccccc12)N1CCN(Cc2cnc[nH]2)c2ccc(-c3ccccc3)cc2C1. The van der Waals surface area contributed by atoms with Crippen LogP contribution in [-0.4, -0.2) is 38.8 Å². The number of pyridine rings is 1. The van der Waals surface area contributed by atoms with Crippen molar-refractivity contribution in [1.82, 2.24) is 19.9 Å². The second-order valence-electron chi connectivity index (χ2n) is 8.84. The fourth-order valence-corrected chi connectivity index (χ4v) is 4.85. The zero-order valence-corrected chi connectivity index (χ0v) is 19.3. The molecule has 2 aromatic heterocycles. The van der Waals surface area contributed by atoms with Gasteiger partial charge in [0.25, 0.3) is 5.91 Å². The van der Waals surface area contributed by atoms with Crippen LogP contribution in [0.1, 0.15) is 21.6 Å². The van der Waals surface area contributed by atoms with Gasteiger partial charge in [0.1, 0.15) is 0 Å². The molecule has 0 radical (unpaired) electrons. The summed E-state index contributed by atoms with van der Waals surface area (Å²) in [6.07, 6.45) is 7.06. The number of rotatable bonds is 4. The van der Waals surface area contributed by atoms with E-state index in [9.17, 15) is 4.79 Å². The van der Waals surface area contributed by atoms with Gasteiger partial charge >= 0.3 is 0 Å². The molecule has 6 rings (SSSR count). The van der Waals surface area contributed by atoms with Crippen LogP contribution >= 0.6 is 0 Å². The highest BCUT2D eigenvalue weighted by atomic mass is 16.2. The monoisotopic (exact) mass is 459 g/mol. The quantitative estimate of drug-likeness (QED) is 0.397. The Bertz CT molecular complexity index is 1470. The number of aromatic amines is 1. The van der Waals surface area contributed by atoms with E-state index >= 15 is 0 Å². The van der Waals surface area contributed by atoms with E-state index in [1.807, 2.05) is 47.6 Å². The number of benzene rings is 3. The molecule has 172 valence electrons. The van der Waals surface area contributed by atoms with E-state index in [-0.39, 0.29) is 5.91 Å². The molecule has 0 fully saturated rings. The molecule has 0 spiro atoms. The summed E-state index contributed by atoms with van der Waals surface area (Å²) in [5.74, 6) is 0.00811. The van der Waals surface area contributed by atoms with E-state index in [1.165, 1.54) is 0 Å². The van der Waals surface area contributed by atoms with E-state index in [0.29, 0.717) is 25.2 Å². The van der Waals surface area contributed by atoms with Gasteiger partial charge in [0, 0.05) is 49.3 Å². The molecule has 0 unspecified atom stereocenters. The standard InChI is InChI=1S/C29H25N5O/c35-29(27-17-30-15-23-8-4-5-9-26(23)27)34-13-12-33(19-25-16-31-20-32-25)28-11-10-22(14-24(28)18-34)21-6-2-1-3-7-21/h1-11,14-17,20H,12-13,18-19H2,(H,31,32). The Labute approximate surface area is 203 Å². The molecule has 1 amide bonds. The summed E-state index contributed by atoms with van der Waals surface area (Å²) in [6.45, 7) is 2.58. The predicted octanol–water partition coefficient (Wildman–Crippen LogP) is 5.29. The molecule has 5 aromatic rings. The van der Waals surface area contributed by atoms with Crippen molar-refractivity contribution in [2.24, 2.45) is 0 Å². The van der Waals surface area contributed by atoms with Crippen LogP contribution in [0.5, 0.6) is 0 Å². The summed E-state index contributed by atoms with van der Waals surface area (Å²) < 4.78 is 0. The zero-order chi connectivity index (χ0) is 23.6. The Balaban J connectivity index is 1.39. The highest BCUT2D eigenvalue weighted by molar-refractivity contribution is 6.06. The molecule has 0 saturated carbocycles.